The number of rotatable bonds is 6. The molecule has 0 spiro atoms. The molecule has 2 heterocycles. The van der Waals surface area contributed by atoms with Crippen LogP contribution in [0.15, 0.2) is 36.7 Å². The van der Waals surface area contributed by atoms with E-state index >= 15 is 4.39 Å². The van der Waals surface area contributed by atoms with E-state index < -0.39 is 33.3 Å². The molecule has 1 unspecified atom stereocenters. The molecular formula is C24H24F4N4O2S. The number of nitrogens with zero attached hydrogens (tertiary/aromatic N) is 3. The van der Waals surface area contributed by atoms with E-state index in [9.17, 15) is 26.9 Å². The lowest BCUT2D eigenvalue weighted by molar-refractivity contribution is -0.152. The van der Waals surface area contributed by atoms with Crippen molar-refractivity contribution in [1.29, 1.82) is 5.26 Å². The molecule has 6 nitrogen and oxygen atoms in total. The molecule has 0 amide bonds. The molecule has 1 saturated carbocycles. The van der Waals surface area contributed by atoms with Gasteiger partial charge in [0.25, 0.3) is 0 Å². The zero-order chi connectivity index (χ0) is 25.8. The molecule has 0 aliphatic heterocycles. The number of hydrogen-bond donors (Lipinski definition) is 1. The third-order valence-electron chi connectivity index (χ3n) is 5.71. The zero-order valence-electron chi connectivity index (χ0n) is 19.3. The third kappa shape index (κ3) is 5.18. The first-order valence-corrected chi connectivity index (χ1v) is 12.5. The van der Waals surface area contributed by atoms with Gasteiger partial charge in [-0.3, -0.25) is 4.98 Å². The maximum atomic E-state index is 15.3. The number of pyridine rings is 1. The van der Waals surface area contributed by atoms with Crippen molar-refractivity contribution in [2.45, 2.75) is 57.6 Å². The maximum absolute atomic E-state index is 15.3. The Balaban J connectivity index is 1.96. The van der Waals surface area contributed by atoms with Crippen molar-refractivity contribution in [2.24, 2.45) is 5.41 Å². The molecule has 3 aromatic rings. The first-order chi connectivity index (χ1) is 16.2. The van der Waals surface area contributed by atoms with Gasteiger partial charge in [0.1, 0.15) is 17.9 Å². The molecule has 2 aromatic heterocycles. The SMILES string of the molecule is CC(C)(C)Cn1cc(C(NS(=O)(=O)C2CC2)C(F)(F)F)c2cc(F)c(-c3ncccc3C#N)cc21. The van der Waals surface area contributed by atoms with Crippen LogP contribution < -0.4 is 4.72 Å². The number of benzene rings is 1. The van der Waals surface area contributed by atoms with Crippen LogP contribution >= 0.6 is 0 Å². The summed E-state index contributed by atoms with van der Waals surface area (Å²) in [6.45, 7) is 5.97. The van der Waals surface area contributed by atoms with Gasteiger partial charge in [-0.1, -0.05) is 20.8 Å². The second kappa shape index (κ2) is 8.60. The summed E-state index contributed by atoms with van der Waals surface area (Å²) in [4.78, 5) is 4.10. The minimum atomic E-state index is -4.95. The van der Waals surface area contributed by atoms with Crippen LogP contribution in [-0.2, 0) is 16.6 Å². The Morgan fingerprint density at radius 1 is 1.26 bits per heavy atom. The second-order valence-corrected chi connectivity index (χ2v) is 12.0. The number of halogens is 4. The van der Waals surface area contributed by atoms with Gasteiger partial charge in [-0.25, -0.2) is 12.8 Å². The molecule has 4 rings (SSSR count). The molecule has 186 valence electrons. The van der Waals surface area contributed by atoms with Crippen LogP contribution in [0, 0.1) is 22.6 Å². The van der Waals surface area contributed by atoms with E-state index in [-0.39, 0.29) is 45.2 Å². The average Bonchev–Trinajstić information content (AvgIpc) is 3.55. The summed E-state index contributed by atoms with van der Waals surface area (Å²) in [6, 6.07) is 4.73. The fourth-order valence-electron chi connectivity index (χ4n) is 4.05. The summed E-state index contributed by atoms with van der Waals surface area (Å²) in [7, 11) is -4.20. The van der Waals surface area contributed by atoms with Crippen molar-refractivity contribution in [1.82, 2.24) is 14.3 Å². The summed E-state index contributed by atoms with van der Waals surface area (Å²) in [6.07, 6.45) is -1.72. The third-order valence-corrected chi connectivity index (χ3v) is 7.63. The smallest absolute Gasteiger partial charge is 0.347 e. The normalized spacial score (nSPS) is 15.8. The molecule has 1 aromatic carbocycles. The van der Waals surface area contributed by atoms with E-state index in [1.165, 1.54) is 30.6 Å². The van der Waals surface area contributed by atoms with Gasteiger partial charge >= 0.3 is 6.18 Å². The molecule has 35 heavy (non-hydrogen) atoms. The maximum Gasteiger partial charge on any atom is 0.408 e. The van der Waals surface area contributed by atoms with Gasteiger partial charge in [-0.05, 0) is 42.5 Å². The Morgan fingerprint density at radius 3 is 2.51 bits per heavy atom. The number of aromatic nitrogens is 2. The summed E-state index contributed by atoms with van der Waals surface area (Å²) in [5.74, 6) is -0.867. The van der Waals surface area contributed by atoms with E-state index in [2.05, 4.69) is 4.98 Å². The number of fused-ring (bicyclic) bond motifs is 1. The minimum Gasteiger partial charge on any atom is -0.347 e. The molecule has 1 aliphatic rings. The molecule has 1 aliphatic carbocycles. The fraction of sp³-hybridized carbons (Fsp3) is 0.417. The van der Waals surface area contributed by atoms with Crippen molar-refractivity contribution >= 4 is 20.9 Å². The summed E-state index contributed by atoms with van der Waals surface area (Å²) in [5.41, 5.74) is -0.307. The summed E-state index contributed by atoms with van der Waals surface area (Å²) < 4.78 is 86.1. The van der Waals surface area contributed by atoms with Gasteiger partial charge in [-0.2, -0.15) is 23.2 Å². The van der Waals surface area contributed by atoms with Crippen molar-refractivity contribution in [3.8, 4) is 17.3 Å². The molecule has 1 atom stereocenters. The lowest BCUT2D eigenvalue weighted by Crippen LogP contribution is -2.39. The van der Waals surface area contributed by atoms with Gasteiger partial charge in [0.05, 0.1) is 16.5 Å². The van der Waals surface area contributed by atoms with Crippen LogP contribution in [0.3, 0.4) is 0 Å². The number of nitrogens with one attached hydrogen (secondary N) is 1. The van der Waals surface area contributed by atoms with E-state index in [4.69, 9.17) is 0 Å². The molecule has 0 bridgehead atoms. The van der Waals surface area contributed by atoms with Crippen LogP contribution in [0.2, 0.25) is 0 Å². The lowest BCUT2D eigenvalue weighted by atomic mass is 9.96. The molecule has 0 radical (unpaired) electrons. The standard InChI is InChI=1S/C24H24F4N4O2S/c1-23(2,3)13-32-12-18(22(24(26,27)28)31-35(33,34)15-6-7-15)16-9-19(25)17(10-20(16)32)21-14(11-29)5-4-8-30-21/h4-5,8-10,12,15,22,31H,6-7,13H2,1-3H3. The molecule has 1 N–H and O–H groups in total. The number of sulfonamides is 1. The van der Waals surface area contributed by atoms with Crippen LogP contribution in [-0.4, -0.2) is 29.4 Å². The molecule has 11 heteroatoms. The predicted octanol–water partition coefficient (Wildman–Crippen LogP) is 5.45. The predicted molar refractivity (Wildman–Crippen MR) is 123 cm³/mol. The Morgan fingerprint density at radius 2 is 1.94 bits per heavy atom. The Hall–Kier alpha value is -2.97. The fourth-order valence-corrected chi connectivity index (χ4v) is 5.58. The van der Waals surface area contributed by atoms with Gasteiger partial charge < -0.3 is 4.57 Å². The van der Waals surface area contributed by atoms with Crippen molar-refractivity contribution < 1.29 is 26.0 Å². The van der Waals surface area contributed by atoms with Crippen LogP contribution in [0.5, 0.6) is 0 Å². The molecular weight excluding hydrogens is 484 g/mol. The van der Waals surface area contributed by atoms with E-state index in [1.54, 1.807) is 4.57 Å². The highest BCUT2D eigenvalue weighted by Crippen LogP contribution is 2.41. The molecule has 0 saturated heterocycles. The number of nitriles is 1. The van der Waals surface area contributed by atoms with Crippen molar-refractivity contribution in [2.75, 3.05) is 0 Å². The minimum absolute atomic E-state index is 0.0309. The number of hydrogen-bond acceptors (Lipinski definition) is 4. The summed E-state index contributed by atoms with van der Waals surface area (Å²) >= 11 is 0. The quantitative estimate of drug-likeness (QED) is 0.449. The van der Waals surface area contributed by atoms with Gasteiger partial charge in [0, 0.05) is 41.0 Å². The van der Waals surface area contributed by atoms with E-state index in [0.29, 0.717) is 12.8 Å². The van der Waals surface area contributed by atoms with Crippen molar-refractivity contribution in [3.63, 3.8) is 0 Å². The van der Waals surface area contributed by atoms with E-state index in [1.807, 2.05) is 31.6 Å². The average molecular weight is 509 g/mol. The molecule has 1 fully saturated rings. The van der Waals surface area contributed by atoms with Crippen molar-refractivity contribution in [3.05, 3.63) is 53.6 Å². The topological polar surface area (TPSA) is 87.8 Å². The first kappa shape index (κ1) is 25.1. The monoisotopic (exact) mass is 508 g/mol. The largest absolute Gasteiger partial charge is 0.408 e. The van der Waals surface area contributed by atoms with Crippen LogP contribution in [0.4, 0.5) is 17.6 Å². The van der Waals surface area contributed by atoms with Gasteiger partial charge in [0.15, 0.2) is 0 Å². The lowest BCUT2D eigenvalue weighted by Gasteiger charge is -2.22. The Labute approximate surface area is 200 Å². The summed E-state index contributed by atoms with van der Waals surface area (Å²) in [5, 5.41) is 8.49. The van der Waals surface area contributed by atoms with E-state index in [0.717, 1.165) is 6.07 Å². The van der Waals surface area contributed by atoms with Gasteiger partial charge in [-0.15, -0.1) is 0 Å². The Bertz CT molecular complexity index is 1430. The highest BCUT2D eigenvalue weighted by Gasteiger charge is 2.48. The number of alkyl halides is 3. The van der Waals surface area contributed by atoms with Crippen LogP contribution in [0.25, 0.3) is 22.2 Å². The highest BCUT2D eigenvalue weighted by molar-refractivity contribution is 7.90. The second-order valence-electron chi connectivity index (χ2n) is 9.97. The Kier molecular flexibility index (Phi) is 6.18. The van der Waals surface area contributed by atoms with Crippen LogP contribution in [0.1, 0.15) is 50.8 Å². The zero-order valence-corrected chi connectivity index (χ0v) is 20.1. The highest BCUT2D eigenvalue weighted by atomic mass is 32.2. The van der Waals surface area contributed by atoms with Gasteiger partial charge in [0.2, 0.25) is 10.0 Å². The first-order valence-electron chi connectivity index (χ1n) is 11.0.